The van der Waals surface area contributed by atoms with Gasteiger partial charge in [-0.05, 0) is 61.1 Å². The minimum absolute atomic E-state index is 0.203. The van der Waals surface area contributed by atoms with Gasteiger partial charge >= 0.3 is 0 Å². The van der Waals surface area contributed by atoms with Crippen LogP contribution in [0.15, 0.2) is 72.8 Å². The fourth-order valence-electron chi connectivity index (χ4n) is 4.85. The fraction of sp³-hybridized carbons (Fsp3) is 0.367. The van der Waals surface area contributed by atoms with Crippen molar-refractivity contribution in [1.82, 2.24) is 14.7 Å². The number of likely N-dealkylation sites (N-methyl/N-ethyl adjacent to an activating group) is 2. The second kappa shape index (κ2) is 12.4. The van der Waals surface area contributed by atoms with E-state index in [0.717, 1.165) is 67.7 Å². The van der Waals surface area contributed by atoms with Gasteiger partial charge in [0.1, 0.15) is 0 Å². The van der Waals surface area contributed by atoms with Crippen LogP contribution < -0.4 is 4.90 Å². The van der Waals surface area contributed by atoms with Crippen LogP contribution >= 0.6 is 11.6 Å². The van der Waals surface area contributed by atoms with E-state index in [1.165, 1.54) is 11.1 Å². The van der Waals surface area contributed by atoms with Crippen molar-refractivity contribution in [2.24, 2.45) is 0 Å². The number of halogens is 1. The van der Waals surface area contributed by atoms with Crippen molar-refractivity contribution in [2.45, 2.75) is 12.6 Å². The van der Waals surface area contributed by atoms with Crippen molar-refractivity contribution in [2.75, 3.05) is 65.3 Å². The van der Waals surface area contributed by atoms with E-state index in [1.54, 1.807) is 0 Å². The van der Waals surface area contributed by atoms with Crippen LogP contribution in [0.3, 0.4) is 0 Å². The summed E-state index contributed by atoms with van der Waals surface area (Å²) in [6, 6.07) is 27.8. The Morgan fingerprint density at radius 3 is 2.17 bits per heavy atom. The lowest BCUT2D eigenvalue weighted by molar-refractivity contribution is 0.105. The van der Waals surface area contributed by atoms with Gasteiger partial charge in [-0.3, -0.25) is 9.80 Å². The van der Waals surface area contributed by atoms with Crippen molar-refractivity contribution >= 4 is 17.3 Å². The first-order valence-electron chi connectivity index (χ1n) is 12.6. The van der Waals surface area contributed by atoms with Crippen LogP contribution in [0.1, 0.15) is 28.3 Å². The third kappa shape index (κ3) is 6.66. The molecular weight excluding hydrogens is 466 g/mol. The van der Waals surface area contributed by atoms with Crippen LogP contribution in [0.2, 0.25) is 5.02 Å². The highest BCUT2D eigenvalue weighted by Gasteiger charge is 2.26. The molecule has 1 heterocycles. The second-order valence-corrected chi connectivity index (χ2v) is 10.3. The Hall–Kier alpha value is -2.88. The first kappa shape index (κ1) is 26.2. The van der Waals surface area contributed by atoms with Crippen LogP contribution in [-0.4, -0.2) is 75.1 Å². The van der Waals surface area contributed by atoms with E-state index >= 15 is 0 Å². The molecule has 0 bridgehead atoms. The normalized spacial score (nSPS) is 15.6. The van der Waals surface area contributed by atoms with Gasteiger partial charge in [0.25, 0.3) is 0 Å². The molecule has 1 saturated heterocycles. The van der Waals surface area contributed by atoms with Gasteiger partial charge in [-0.15, -0.1) is 0 Å². The highest BCUT2D eigenvalue weighted by molar-refractivity contribution is 6.30. The van der Waals surface area contributed by atoms with Gasteiger partial charge in [-0.25, -0.2) is 0 Å². The number of piperazine rings is 1. The average Bonchev–Trinajstić information content (AvgIpc) is 2.90. The summed E-state index contributed by atoms with van der Waals surface area (Å²) in [5.74, 6) is 0. The predicted octanol–water partition coefficient (Wildman–Crippen LogP) is 5.12. The molecule has 36 heavy (non-hydrogen) atoms. The van der Waals surface area contributed by atoms with Gasteiger partial charge in [-0.2, -0.15) is 5.26 Å². The smallest absolute Gasteiger partial charge is 0.0995 e. The summed E-state index contributed by atoms with van der Waals surface area (Å²) in [4.78, 5) is 9.48. The second-order valence-electron chi connectivity index (χ2n) is 9.85. The summed E-state index contributed by atoms with van der Waals surface area (Å²) in [5, 5.41) is 10.5. The molecular formula is C30H36ClN5. The van der Waals surface area contributed by atoms with Crippen molar-refractivity contribution < 1.29 is 0 Å². The molecule has 188 valence electrons. The zero-order valence-corrected chi connectivity index (χ0v) is 22.3. The molecule has 0 aromatic heterocycles. The highest BCUT2D eigenvalue weighted by atomic mass is 35.5. The molecule has 1 aliphatic rings. The molecule has 3 aromatic carbocycles. The maximum absolute atomic E-state index is 9.73. The van der Waals surface area contributed by atoms with E-state index in [4.69, 9.17) is 11.6 Å². The number of rotatable bonds is 9. The topological polar surface area (TPSA) is 36.8 Å². The summed E-state index contributed by atoms with van der Waals surface area (Å²) in [5.41, 5.74) is 5.60. The first-order chi connectivity index (χ1) is 17.4. The monoisotopic (exact) mass is 501 g/mol. The van der Waals surface area contributed by atoms with E-state index in [9.17, 15) is 5.26 Å². The van der Waals surface area contributed by atoms with Crippen LogP contribution in [0.5, 0.6) is 0 Å². The molecule has 0 amide bonds. The van der Waals surface area contributed by atoms with Gasteiger partial charge in [0, 0.05) is 63.6 Å². The molecule has 3 aromatic rings. The molecule has 0 radical (unpaired) electrons. The summed E-state index contributed by atoms with van der Waals surface area (Å²) < 4.78 is 0. The van der Waals surface area contributed by atoms with Crippen LogP contribution in [0, 0.1) is 11.3 Å². The quantitative estimate of drug-likeness (QED) is 0.407. The molecule has 6 heteroatoms. The Morgan fingerprint density at radius 1 is 0.861 bits per heavy atom. The van der Waals surface area contributed by atoms with Crippen molar-refractivity contribution in [3.63, 3.8) is 0 Å². The summed E-state index contributed by atoms with van der Waals surface area (Å²) in [6.07, 6.45) is 0. The Kier molecular flexibility index (Phi) is 9.01. The van der Waals surface area contributed by atoms with Crippen molar-refractivity contribution in [3.8, 4) is 6.07 Å². The standard InChI is InChI=1S/C30H36ClN5/c1-33(2)15-16-34(3)29-14-11-26(22-32)27(21-29)23-35-17-19-36(20-18-35)30(24-7-5-4-6-8-24)25-9-12-28(31)13-10-25/h4-14,21,30H,15-20,23H2,1-3H3/t30-/m1/s1. The third-order valence-electron chi connectivity index (χ3n) is 7.00. The summed E-state index contributed by atoms with van der Waals surface area (Å²) in [6.45, 7) is 6.58. The van der Waals surface area contributed by atoms with Gasteiger partial charge in [-0.1, -0.05) is 54.1 Å². The molecule has 0 spiro atoms. The maximum atomic E-state index is 9.73. The molecule has 4 rings (SSSR count). The Labute approximate surface area is 221 Å². The molecule has 0 saturated carbocycles. The van der Waals surface area contributed by atoms with Crippen LogP contribution in [0.25, 0.3) is 0 Å². The van der Waals surface area contributed by atoms with E-state index in [-0.39, 0.29) is 6.04 Å². The Balaban J connectivity index is 1.46. The molecule has 5 nitrogen and oxygen atoms in total. The van der Waals surface area contributed by atoms with E-state index in [2.05, 4.69) is 101 Å². The van der Waals surface area contributed by atoms with Gasteiger partial charge in [0.2, 0.25) is 0 Å². The third-order valence-corrected chi connectivity index (χ3v) is 7.25. The number of hydrogen-bond donors (Lipinski definition) is 0. The lowest BCUT2D eigenvalue weighted by atomic mass is 9.96. The number of anilines is 1. The van der Waals surface area contributed by atoms with Crippen molar-refractivity contribution in [1.29, 1.82) is 5.26 Å². The molecule has 0 aliphatic carbocycles. The Morgan fingerprint density at radius 2 is 1.53 bits per heavy atom. The molecule has 0 N–H and O–H groups in total. The van der Waals surface area contributed by atoms with Crippen LogP contribution in [0.4, 0.5) is 5.69 Å². The SMILES string of the molecule is CN(C)CCN(C)c1ccc(C#N)c(CN2CCN([C@H](c3ccccc3)c3ccc(Cl)cc3)CC2)c1. The summed E-state index contributed by atoms with van der Waals surface area (Å²) in [7, 11) is 6.30. The van der Waals surface area contributed by atoms with Crippen molar-refractivity contribution in [3.05, 3.63) is 100 Å². The van der Waals surface area contributed by atoms with Gasteiger partial charge in [0.05, 0.1) is 17.7 Å². The zero-order valence-electron chi connectivity index (χ0n) is 21.6. The van der Waals surface area contributed by atoms with E-state index in [1.807, 2.05) is 18.2 Å². The van der Waals surface area contributed by atoms with E-state index in [0.29, 0.717) is 0 Å². The molecule has 0 unspecified atom stereocenters. The van der Waals surface area contributed by atoms with Gasteiger partial charge in [0.15, 0.2) is 0 Å². The van der Waals surface area contributed by atoms with E-state index < -0.39 is 0 Å². The minimum Gasteiger partial charge on any atom is -0.373 e. The fourth-order valence-corrected chi connectivity index (χ4v) is 4.98. The first-order valence-corrected chi connectivity index (χ1v) is 13.0. The molecule has 1 atom stereocenters. The van der Waals surface area contributed by atoms with Gasteiger partial charge < -0.3 is 9.80 Å². The number of benzene rings is 3. The number of hydrogen-bond acceptors (Lipinski definition) is 5. The Bertz CT molecular complexity index is 1150. The number of nitrogens with zero attached hydrogens (tertiary/aromatic N) is 5. The maximum Gasteiger partial charge on any atom is 0.0995 e. The zero-order chi connectivity index (χ0) is 25.5. The largest absolute Gasteiger partial charge is 0.373 e. The lowest BCUT2D eigenvalue weighted by Crippen LogP contribution is -2.47. The highest BCUT2D eigenvalue weighted by Crippen LogP contribution is 2.31. The lowest BCUT2D eigenvalue weighted by Gasteiger charge is -2.40. The molecule has 1 fully saturated rings. The predicted molar refractivity (Wildman–Crippen MR) is 150 cm³/mol. The number of nitriles is 1. The van der Waals surface area contributed by atoms with Crippen LogP contribution in [-0.2, 0) is 6.54 Å². The average molecular weight is 502 g/mol. The molecule has 1 aliphatic heterocycles. The minimum atomic E-state index is 0.203. The summed E-state index contributed by atoms with van der Waals surface area (Å²) >= 11 is 6.18.